The van der Waals surface area contributed by atoms with Gasteiger partial charge in [-0.1, -0.05) is 17.7 Å². The van der Waals surface area contributed by atoms with Gasteiger partial charge >= 0.3 is 0 Å². The van der Waals surface area contributed by atoms with Gasteiger partial charge in [-0.3, -0.25) is 9.59 Å². The Morgan fingerprint density at radius 1 is 1.38 bits per heavy atom. The summed E-state index contributed by atoms with van der Waals surface area (Å²) in [4.78, 5) is 22.6. The predicted octanol–water partition coefficient (Wildman–Crippen LogP) is 1.46. The summed E-state index contributed by atoms with van der Waals surface area (Å²) in [6, 6.07) is 4.10. The lowest BCUT2D eigenvalue weighted by Crippen LogP contribution is -2.33. The predicted molar refractivity (Wildman–Crippen MR) is 83.4 cm³/mol. The third-order valence-electron chi connectivity index (χ3n) is 3.29. The van der Waals surface area contributed by atoms with Crippen molar-refractivity contribution in [2.75, 3.05) is 18.1 Å². The van der Waals surface area contributed by atoms with Crippen LogP contribution in [-0.2, 0) is 9.59 Å². The van der Waals surface area contributed by atoms with Crippen LogP contribution in [0.2, 0.25) is 0 Å². The topological polar surface area (TPSA) is 81.4 Å². The van der Waals surface area contributed by atoms with Crippen LogP contribution in [0.5, 0.6) is 5.75 Å². The Kier molecular flexibility index (Phi) is 5.12. The monoisotopic (exact) mass is 308 g/mol. The molecule has 2 amide bonds. The van der Waals surface area contributed by atoms with Crippen molar-refractivity contribution < 1.29 is 14.3 Å². The van der Waals surface area contributed by atoms with Gasteiger partial charge in [0.15, 0.2) is 0 Å². The van der Waals surface area contributed by atoms with E-state index in [4.69, 9.17) is 10.5 Å². The molecule has 114 valence electrons. The van der Waals surface area contributed by atoms with Crippen molar-refractivity contribution in [3.8, 4) is 5.75 Å². The van der Waals surface area contributed by atoms with Crippen LogP contribution >= 0.6 is 11.8 Å². The molecule has 1 aliphatic heterocycles. The van der Waals surface area contributed by atoms with E-state index in [9.17, 15) is 9.59 Å². The molecule has 5 nitrogen and oxygen atoms in total. The van der Waals surface area contributed by atoms with E-state index in [0.717, 1.165) is 28.9 Å². The SMILES string of the molecule is Cc1cc(C)c2c(c1)[C@@H](NC(=O)CSCC(N)=O)CCO2. The van der Waals surface area contributed by atoms with Gasteiger partial charge in [-0.15, -0.1) is 11.8 Å². The number of thioether (sulfide) groups is 1. The first kappa shape index (κ1) is 15.7. The van der Waals surface area contributed by atoms with Crippen LogP contribution in [0.4, 0.5) is 0 Å². The van der Waals surface area contributed by atoms with Crippen molar-refractivity contribution >= 4 is 23.6 Å². The maximum atomic E-state index is 11.9. The van der Waals surface area contributed by atoms with E-state index in [1.165, 1.54) is 11.8 Å². The Hall–Kier alpha value is -1.69. The fourth-order valence-electron chi connectivity index (χ4n) is 2.51. The normalized spacial score (nSPS) is 16.8. The molecule has 0 aliphatic carbocycles. The molecule has 2 rings (SSSR count). The van der Waals surface area contributed by atoms with Gasteiger partial charge in [-0.05, 0) is 19.4 Å². The molecular formula is C15H20N2O3S. The second-order valence-corrected chi connectivity index (χ2v) is 6.20. The molecule has 0 unspecified atom stereocenters. The molecule has 3 N–H and O–H groups in total. The van der Waals surface area contributed by atoms with Crippen molar-refractivity contribution in [3.63, 3.8) is 0 Å². The molecular weight excluding hydrogens is 288 g/mol. The van der Waals surface area contributed by atoms with Crippen LogP contribution in [0.1, 0.15) is 29.2 Å². The van der Waals surface area contributed by atoms with Crippen molar-refractivity contribution in [1.82, 2.24) is 5.32 Å². The highest BCUT2D eigenvalue weighted by Crippen LogP contribution is 2.35. The van der Waals surface area contributed by atoms with Gasteiger partial charge in [0.2, 0.25) is 11.8 Å². The standard InChI is InChI=1S/C15H20N2O3S/c1-9-5-10(2)15-11(6-9)12(3-4-20-15)17-14(19)8-21-7-13(16)18/h5-6,12H,3-4,7-8H2,1-2H3,(H2,16,18)(H,17,19)/t12-/m0/s1. The molecule has 6 heteroatoms. The number of primary amides is 1. The summed E-state index contributed by atoms with van der Waals surface area (Å²) in [5.41, 5.74) is 8.33. The summed E-state index contributed by atoms with van der Waals surface area (Å²) < 4.78 is 5.72. The molecule has 0 bridgehead atoms. The van der Waals surface area contributed by atoms with Crippen LogP contribution < -0.4 is 15.8 Å². The molecule has 1 atom stereocenters. The van der Waals surface area contributed by atoms with Crippen molar-refractivity contribution in [1.29, 1.82) is 0 Å². The molecule has 1 heterocycles. The van der Waals surface area contributed by atoms with Crippen LogP contribution in [0.15, 0.2) is 12.1 Å². The van der Waals surface area contributed by atoms with Gasteiger partial charge in [0, 0.05) is 12.0 Å². The minimum absolute atomic E-state index is 0.0333. The van der Waals surface area contributed by atoms with Crippen LogP contribution in [0, 0.1) is 13.8 Å². The number of nitrogens with two attached hydrogens (primary N) is 1. The Labute approximate surface area is 128 Å². The molecule has 0 saturated heterocycles. The van der Waals surface area contributed by atoms with Gasteiger partial charge in [-0.25, -0.2) is 0 Å². The summed E-state index contributed by atoms with van der Waals surface area (Å²) >= 11 is 1.23. The highest BCUT2D eigenvalue weighted by Gasteiger charge is 2.24. The lowest BCUT2D eigenvalue weighted by molar-refractivity contribution is -0.119. The third kappa shape index (κ3) is 4.14. The molecule has 1 aliphatic rings. The van der Waals surface area contributed by atoms with Gasteiger partial charge in [0.25, 0.3) is 0 Å². The molecule has 0 aromatic heterocycles. The number of rotatable bonds is 5. The first-order valence-corrected chi connectivity index (χ1v) is 8.02. The highest BCUT2D eigenvalue weighted by molar-refractivity contribution is 8.00. The number of aryl methyl sites for hydroxylation is 2. The summed E-state index contributed by atoms with van der Waals surface area (Å²) in [5.74, 6) is 0.784. The number of carbonyl (C=O) groups excluding carboxylic acids is 2. The van der Waals surface area contributed by atoms with E-state index in [0.29, 0.717) is 6.61 Å². The molecule has 1 aromatic carbocycles. The number of amides is 2. The fraction of sp³-hybridized carbons (Fsp3) is 0.467. The van der Waals surface area contributed by atoms with E-state index in [1.54, 1.807) is 0 Å². The van der Waals surface area contributed by atoms with Gasteiger partial charge < -0.3 is 15.8 Å². The highest BCUT2D eigenvalue weighted by atomic mass is 32.2. The Bertz CT molecular complexity index is 560. The molecule has 0 radical (unpaired) electrons. The average molecular weight is 308 g/mol. The number of carbonyl (C=O) groups is 2. The van der Waals surface area contributed by atoms with Gasteiger partial charge in [0.1, 0.15) is 5.75 Å². The number of nitrogens with one attached hydrogen (secondary N) is 1. The Morgan fingerprint density at radius 3 is 2.86 bits per heavy atom. The average Bonchev–Trinajstić information content (AvgIpc) is 2.39. The van der Waals surface area contributed by atoms with Gasteiger partial charge in [0.05, 0.1) is 24.2 Å². The first-order chi connectivity index (χ1) is 9.97. The maximum Gasteiger partial charge on any atom is 0.230 e. The smallest absolute Gasteiger partial charge is 0.230 e. The van der Waals surface area contributed by atoms with Crippen molar-refractivity contribution in [3.05, 3.63) is 28.8 Å². The Morgan fingerprint density at radius 2 is 2.14 bits per heavy atom. The molecule has 0 fully saturated rings. The summed E-state index contributed by atoms with van der Waals surface area (Å²) in [6.45, 7) is 4.64. The minimum Gasteiger partial charge on any atom is -0.493 e. The molecule has 1 aromatic rings. The second-order valence-electron chi connectivity index (χ2n) is 5.22. The molecule has 21 heavy (non-hydrogen) atoms. The maximum absolute atomic E-state index is 11.9. The van der Waals surface area contributed by atoms with E-state index in [1.807, 2.05) is 13.8 Å². The lowest BCUT2D eigenvalue weighted by Gasteiger charge is -2.28. The number of fused-ring (bicyclic) bond motifs is 1. The Balaban J connectivity index is 2.03. The van der Waals surface area contributed by atoms with E-state index in [-0.39, 0.29) is 23.5 Å². The summed E-state index contributed by atoms with van der Waals surface area (Å²) in [6.07, 6.45) is 0.752. The quantitative estimate of drug-likeness (QED) is 0.863. The molecule has 0 spiro atoms. The van der Waals surface area contributed by atoms with E-state index >= 15 is 0 Å². The zero-order valence-electron chi connectivity index (χ0n) is 12.3. The number of hydrogen-bond donors (Lipinski definition) is 2. The van der Waals surface area contributed by atoms with Crippen molar-refractivity contribution in [2.24, 2.45) is 5.73 Å². The van der Waals surface area contributed by atoms with Crippen LogP contribution in [0.25, 0.3) is 0 Å². The van der Waals surface area contributed by atoms with Gasteiger partial charge in [-0.2, -0.15) is 0 Å². The zero-order valence-corrected chi connectivity index (χ0v) is 13.1. The third-order valence-corrected chi connectivity index (χ3v) is 4.24. The fourth-order valence-corrected chi connectivity index (χ4v) is 3.08. The first-order valence-electron chi connectivity index (χ1n) is 6.86. The lowest BCUT2D eigenvalue weighted by atomic mass is 9.96. The number of ether oxygens (including phenoxy) is 1. The van der Waals surface area contributed by atoms with Crippen LogP contribution in [-0.4, -0.2) is 29.9 Å². The summed E-state index contributed by atoms with van der Waals surface area (Å²) in [5, 5.41) is 3.01. The molecule has 0 saturated carbocycles. The van der Waals surface area contributed by atoms with Crippen LogP contribution in [0.3, 0.4) is 0 Å². The zero-order chi connectivity index (χ0) is 15.4. The second kappa shape index (κ2) is 6.85. The summed E-state index contributed by atoms with van der Waals surface area (Å²) in [7, 11) is 0. The largest absolute Gasteiger partial charge is 0.493 e. The van der Waals surface area contributed by atoms with E-state index in [2.05, 4.69) is 17.4 Å². The van der Waals surface area contributed by atoms with E-state index < -0.39 is 5.91 Å². The number of benzene rings is 1. The number of hydrogen-bond acceptors (Lipinski definition) is 4. The minimum atomic E-state index is -0.407. The van der Waals surface area contributed by atoms with Crippen molar-refractivity contribution in [2.45, 2.75) is 26.3 Å².